The Morgan fingerprint density at radius 1 is 1.10 bits per heavy atom. The van der Waals surface area contributed by atoms with Crippen molar-refractivity contribution in [3.8, 4) is 5.75 Å². The number of imide groups is 1. The van der Waals surface area contributed by atoms with Gasteiger partial charge in [-0.1, -0.05) is 23.7 Å². The summed E-state index contributed by atoms with van der Waals surface area (Å²) in [5, 5.41) is 7.34. The van der Waals surface area contributed by atoms with Gasteiger partial charge in [-0.25, -0.2) is 25.3 Å². The van der Waals surface area contributed by atoms with Crippen LogP contribution in [-0.4, -0.2) is 51.2 Å². The van der Waals surface area contributed by atoms with Crippen LogP contribution < -0.4 is 15.9 Å². The average molecular weight is 557 g/mol. The number of carbonyl (C=O) groups excluding carboxylic acids is 3. The SMILES string of the molecule is Cc1cc(NC2N(N)C(=O)N(C3CCC(C(=O)N=O)CC3)C(=O)N2Cc2ccc(Cl)cc2)ccc1OC(C)C. The van der Waals surface area contributed by atoms with Crippen LogP contribution in [0.5, 0.6) is 5.75 Å². The first-order valence-corrected chi connectivity index (χ1v) is 13.3. The molecule has 1 aliphatic heterocycles. The number of rotatable bonds is 8. The van der Waals surface area contributed by atoms with Crippen molar-refractivity contribution in [2.45, 2.75) is 71.4 Å². The number of nitrogens with one attached hydrogen (secondary N) is 1. The highest BCUT2D eigenvalue weighted by Gasteiger charge is 2.47. The maximum absolute atomic E-state index is 13.9. The Labute approximate surface area is 232 Å². The number of hydrogen-bond acceptors (Lipinski definition) is 7. The normalized spacial score (nSPS) is 21.8. The lowest BCUT2D eigenvalue weighted by molar-refractivity contribution is -0.122. The highest BCUT2D eigenvalue weighted by molar-refractivity contribution is 6.30. The first kappa shape index (κ1) is 28.3. The number of halogens is 1. The van der Waals surface area contributed by atoms with Crippen LogP contribution in [0.3, 0.4) is 0 Å². The molecule has 2 fully saturated rings. The molecule has 0 spiro atoms. The first-order valence-electron chi connectivity index (χ1n) is 12.9. The standard InChI is InChI=1S/C27H33ClN6O5/c1-16(2)39-23-13-10-21(14-17(23)3)30-25-32(15-18-4-8-20(28)9-5-18)26(36)33(27(37)34(25)29)22-11-6-19(7-12-22)24(35)31-38/h4-5,8-10,13-14,16,19,22,25,30H,6-7,11-12,15,29H2,1-3H3. The minimum Gasteiger partial charge on any atom is -0.491 e. The predicted molar refractivity (Wildman–Crippen MR) is 147 cm³/mol. The fraction of sp³-hybridized carbons (Fsp3) is 0.444. The Kier molecular flexibility index (Phi) is 8.71. The third kappa shape index (κ3) is 6.31. The molecule has 2 aliphatic rings. The maximum atomic E-state index is 13.9. The van der Waals surface area contributed by atoms with E-state index in [-0.39, 0.29) is 12.6 Å². The van der Waals surface area contributed by atoms with Crippen LogP contribution in [0.2, 0.25) is 5.02 Å². The van der Waals surface area contributed by atoms with Crippen LogP contribution in [0.25, 0.3) is 0 Å². The van der Waals surface area contributed by atoms with Crippen LogP contribution in [0.1, 0.15) is 50.7 Å². The average Bonchev–Trinajstić information content (AvgIpc) is 2.91. The van der Waals surface area contributed by atoms with E-state index in [0.717, 1.165) is 26.8 Å². The van der Waals surface area contributed by atoms with Crippen LogP contribution in [0, 0.1) is 17.7 Å². The van der Waals surface area contributed by atoms with Crippen LogP contribution in [0.15, 0.2) is 47.6 Å². The fourth-order valence-corrected chi connectivity index (χ4v) is 5.16. The van der Waals surface area contributed by atoms with Crippen LogP contribution >= 0.6 is 11.6 Å². The van der Waals surface area contributed by atoms with Gasteiger partial charge in [-0.15, -0.1) is 4.91 Å². The third-order valence-electron chi connectivity index (χ3n) is 7.04. The molecule has 39 heavy (non-hydrogen) atoms. The number of hydrogen-bond donors (Lipinski definition) is 2. The molecule has 1 unspecified atom stereocenters. The fourth-order valence-electron chi connectivity index (χ4n) is 5.03. The van der Waals surface area contributed by atoms with Gasteiger partial charge in [0.25, 0.3) is 5.91 Å². The smallest absolute Gasteiger partial charge is 0.345 e. The van der Waals surface area contributed by atoms with Crippen molar-refractivity contribution in [3.63, 3.8) is 0 Å². The number of nitrogens with two attached hydrogens (primary N) is 1. The summed E-state index contributed by atoms with van der Waals surface area (Å²) in [5.74, 6) is 5.91. The summed E-state index contributed by atoms with van der Waals surface area (Å²) in [4.78, 5) is 52.4. The van der Waals surface area contributed by atoms with E-state index >= 15 is 0 Å². The second-order valence-corrected chi connectivity index (χ2v) is 10.6. The van der Waals surface area contributed by atoms with E-state index in [1.807, 2.05) is 32.9 Å². The Morgan fingerprint density at radius 3 is 2.36 bits per heavy atom. The molecule has 2 aromatic carbocycles. The zero-order valence-corrected chi connectivity index (χ0v) is 22.9. The lowest BCUT2D eigenvalue weighted by Gasteiger charge is -2.48. The van der Waals surface area contributed by atoms with Crippen LogP contribution in [0.4, 0.5) is 15.3 Å². The molecule has 2 aromatic rings. The summed E-state index contributed by atoms with van der Waals surface area (Å²) >= 11 is 6.06. The van der Waals surface area contributed by atoms with Crippen molar-refractivity contribution in [1.29, 1.82) is 0 Å². The van der Waals surface area contributed by atoms with Gasteiger partial charge in [0.15, 0.2) is 0 Å². The molecule has 1 saturated carbocycles. The van der Waals surface area contributed by atoms with Gasteiger partial charge >= 0.3 is 12.1 Å². The zero-order valence-electron chi connectivity index (χ0n) is 22.2. The summed E-state index contributed by atoms with van der Waals surface area (Å²) < 4.78 is 5.82. The van der Waals surface area contributed by atoms with Crippen LogP contribution in [-0.2, 0) is 11.3 Å². The summed E-state index contributed by atoms with van der Waals surface area (Å²) in [6.45, 7) is 5.96. The van der Waals surface area contributed by atoms with Crippen molar-refractivity contribution in [1.82, 2.24) is 14.8 Å². The van der Waals surface area contributed by atoms with Gasteiger partial charge < -0.3 is 10.1 Å². The molecule has 11 nitrogen and oxygen atoms in total. The largest absolute Gasteiger partial charge is 0.491 e. The monoisotopic (exact) mass is 556 g/mol. The number of nitrogens with zero attached hydrogens (tertiary/aromatic N) is 4. The number of hydrazine groups is 1. The molecule has 5 amide bonds. The molecule has 4 rings (SSSR count). The van der Waals surface area contributed by atoms with Gasteiger partial charge in [0.2, 0.25) is 6.29 Å². The van der Waals surface area contributed by atoms with E-state index < -0.39 is 36.2 Å². The predicted octanol–water partition coefficient (Wildman–Crippen LogP) is 5.22. The molecule has 0 bridgehead atoms. The highest BCUT2D eigenvalue weighted by atomic mass is 35.5. The summed E-state index contributed by atoms with van der Waals surface area (Å²) in [6, 6.07) is 11.0. The molecular formula is C27H33ClN6O5. The highest BCUT2D eigenvalue weighted by Crippen LogP contribution is 2.33. The van der Waals surface area contributed by atoms with E-state index in [2.05, 4.69) is 10.5 Å². The molecular weight excluding hydrogens is 524 g/mol. The number of amides is 5. The van der Waals surface area contributed by atoms with Gasteiger partial charge in [0.1, 0.15) is 5.75 Å². The van der Waals surface area contributed by atoms with Gasteiger partial charge in [-0.05, 0) is 87.9 Å². The quantitative estimate of drug-likeness (QED) is 0.258. The van der Waals surface area contributed by atoms with E-state index in [4.69, 9.17) is 22.2 Å². The molecule has 208 valence electrons. The number of nitroso groups, excluding NO2 is 1. The minimum absolute atomic E-state index is 0.0133. The summed E-state index contributed by atoms with van der Waals surface area (Å²) in [7, 11) is 0. The number of ether oxygens (including phenoxy) is 1. The van der Waals surface area contributed by atoms with Crippen molar-refractivity contribution in [3.05, 3.63) is 63.5 Å². The minimum atomic E-state index is -0.981. The van der Waals surface area contributed by atoms with Gasteiger partial charge in [0.05, 0.1) is 12.6 Å². The Hall–Kier alpha value is -3.70. The topological polar surface area (TPSA) is 138 Å². The molecule has 0 aromatic heterocycles. The zero-order chi connectivity index (χ0) is 28.3. The molecule has 3 N–H and O–H groups in total. The molecule has 1 heterocycles. The Morgan fingerprint density at radius 2 is 1.77 bits per heavy atom. The maximum Gasteiger partial charge on any atom is 0.345 e. The van der Waals surface area contributed by atoms with E-state index in [9.17, 15) is 19.3 Å². The van der Waals surface area contributed by atoms with E-state index in [1.54, 1.807) is 30.3 Å². The lowest BCUT2D eigenvalue weighted by Crippen LogP contribution is -2.71. The third-order valence-corrected chi connectivity index (χ3v) is 7.29. The van der Waals surface area contributed by atoms with Crippen molar-refractivity contribution in [2.24, 2.45) is 16.9 Å². The second-order valence-electron chi connectivity index (χ2n) is 10.2. The van der Waals surface area contributed by atoms with Gasteiger partial charge in [0, 0.05) is 27.8 Å². The molecule has 1 aliphatic carbocycles. The van der Waals surface area contributed by atoms with Crippen molar-refractivity contribution < 1.29 is 19.1 Å². The van der Waals surface area contributed by atoms with Crippen molar-refractivity contribution in [2.75, 3.05) is 5.32 Å². The Balaban J connectivity index is 1.61. The molecule has 0 radical (unpaired) electrons. The summed E-state index contributed by atoms with van der Waals surface area (Å²) in [5.41, 5.74) is 2.33. The number of benzene rings is 2. The molecule has 12 heteroatoms. The number of aryl methyl sites for hydroxylation is 1. The van der Waals surface area contributed by atoms with Gasteiger partial charge in [-0.3, -0.25) is 9.69 Å². The second kappa shape index (κ2) is 12.0. The number of carbonyl (C=O) groups is 3. The number of anilines is 1. The first-order chi connectivity index (χ1) is 18.6. The molecule has 1 saturated heterocycles. The lowest BCUT2D eigenvalue weighted by atomic mass is 9.85. The van der Waals surface area contributed by atoms with Gasteiger partial charge in [-0.2, -0.15) is 0 Å². The van der Waals surface area contributed by atoms with Crippen molar-refractivity contribution >= 4 is 35.3 Å². The Bertz CT molecular complexity index is 1230. The molecule has 1 atom stereocenters. The van der Waals surface area contributed by atoms with E-state index in [0.29, 0.717) is 36.4 Å². The summed E-state index contributed by atoms with van der Waals surface area (Å²) in [6.07, 6.45) is 0.505. The van der Waals surface area contributed by atoms with E-state index in [1.165, 1.54) is 4.90 Å². The number of urea groups is 2.